The molecule has 19 heavy (non-hydrogen) atoms. The molecule has 3 aromatic heterocycles. The van der Waals surface area contributed by atoms with Gasteiger partial charge in [-0.1, -0.05) is 11.6 Å². The second-order valence-electron chi connectivity index (χ2n) is 3.63. The zero-order chi connectivity index (χ0) is 13.1. The molecule has 0 saturated heterocycles. The van der Waals surface area contributed by atoms with Gasteiger partial charge < -0.3 is 5.32 Å². The highest BCUT2D eigenvalue weighted by molar-refractivity contribution is 7.15. The summed E-state index contributed by atoms with van der Waals surface area (Å²) in [5.74, 6) is 0.697. The summed E-state index contributed by atoms with van der Waals surface area (Å²) in [7, 11) is 0. The molecule has 0 aliphatic rings. The number of hydrogen-bond acceptors (Lipinski definition) is 6. The van der Waals surface area contributed by atoms with Crippen molar-refractivity contribution >= 4 is 28.6 Å². The van der Waals surface area contributed by atoms with Crippen LogP contribution in [0.5, 0.6) is 0 Å². The average molecular weight is 293 g/mol. The first-order valence-electron chi connectivity index (χ1n) is 5.47. The molecule has 3 rings (SSSR count). The zero-order valence-corrected chi connectivity index (χ0v) is 11.3. The monoisotopic (exact) mass is 292 g/mol. The van der Waals surface area contributed by atoms with Crippen LogP contribution in [0.3, 0.4) is 0 Å². The summed E-state index contributed by atoms with van der Waals surface area (Å²) in [6, 6.07) is 3.79. The number of rotatable bonds is 4. The maximum absolute atomic E-state index is 5.85. The van der Waals surface area contributed by atoms with Crippen molar-refractivity contribution in [3.05, 3.63) is 46.5 Å². The third-order valence-electron chi connectivity index (χ3n) is 2.38. The Morgan fingerprint density at radius 2 is 2.32 bits per heavy atom. The molecule has 6 nitrogen and oxygen atoms in total. The highest BCUT2D eigenvalue weighted by Crippen LogP contribution is 2.21. The number of nitrogens with one attached hydrogen (secondary N) is 1. The van der Waals surface area contributed by atoms with Gasteiger partial charge in [-0.2, -0.15) is 5.10 Å². The number of pyridine rings is 1. The highest BCUT2D eigenvalue weighted by Gasteiger charge is 2.07. The molecule has 0 spiro atoms. The third kappa shape index (κ3) is 2.72. The van der Waals surface area contributed by atoms with Gasteiger partial charge >= 0.3 is 0 Å². The molecule has 0 bridgehead atoms. The Labute approximate surface area is 118 Å². The summed E-state index contributed by atoms with van der Waals surface area (Å²) in [6.45, 7) is 0.588. The maximum atomic E-state index is 5.85. The van der Waals surface area contributed by atoms with Crippen LogP contribution in [0.15, 0.2) is 37.2 Å². The average Bonchev–Trinajstić information content (AvgIpc) is 3.08. The maximum Gasteiger partial charge on any atom is 0.178 e. The van der Waals surface area contributed by atoms with Crippen LogP contribution in [0.2, 0.25) is 4.34 Å². The molecule has 0 aliphatic carbocycles. The fourth-order valence-corrected chi connectivity index (χ4v) is 2.47. The van der Waals surface area contributed by atoms with Crippen molar-refractivity contribution in [3.8, 4) is 5.82 Å². The van der Waals surface area contributed by atoms with E-state index in [0.717, 1.165) is 10.7 Å². The van der Waals surface area contributed by atoms with Crippen LogP contribution in [0, 0.1) is 0 Å². The molecule has 0 atom stereocenters. The minimum absolute atomic E-state index is 0.588. The molecule has 0 radical (unpaired) electrons. The van der Waals surface area contributed by atoms with Gasteiger partial charge in [-0.25, -0.2) is 19.6 Å². The second kappa shape index (κ2) is 5.33. The molecule has 0 saturated carbocycles. The number of halogens is 1. The Morgan fingerprint density at radius 3 is 3.05 bits per heavy atom. The summed E-state index contributed by atoms with van der Waals surface area (Å²) in [4.78, 5) is 12.4. The molecule has 0 aliphatic heterocycles. The van der Waals surface area contributed by atoms with Crippen molar-refractivity contribution < 1.29 is 0 Å². The number of thiazole rings is 1. The van der Waals surface area contributed by atoms with E-state index in [2.05, 4.69) is 25.4 Å². The van der Waals surface area contributed by atoms with Crippen molar-refractivity contribution in [2.45, 2.75) is 6.54 Å². The van der Waals surface area contributed by atoms with E-state index in [1.807, 2.05) is 12.1 Å². The molecular formula is C11H9ClN6S. The minimum atomic E-state index is 0.588. The van der Waals surface area contributed by atoms with Crippen LogP contribution >= 0.6 is 22.9 Å². The van der Waals surface area contributed by atoms with Crippen LogP contribution in [0.25, 0.3) is 5.82 Å². The van der Waals surface area contributed by atoms with Gasteiger partial charge in [-0.15, -0.1) is 11.3 Å². The predicted molar refractivity (Wildman–Crippen MR) is 73.6 cm³/mol. The van der Waals surface area contributed by atoms with Gasteiger partial charge in [0.25, 0.3) is 0 Å². The van der Waals surface area contributed by atoms with Gasteiger partial charge in [0.15, 0.2) is 5.82 Å². The fraction of sp³-hybridized carbons (Fsp3) is 0.0909. The number of aromatic nitrogens is 5. The SMILES string of the molecule is Clc1cnc(CNc2cccnc2-n2cncn2)s1. The van der Waals surface area contributed by atoms with Gasteiger partial charge in [0, 0.05) is 6.20 Å². The summed E-state index contributed by atoms with van der Waals surface area (Å²) < 4.78 is 2.29. The minimum Gasteiger partial charge on any atom is -0.375 e. The van der Waals surface area contributed by atoms with Crippen LogP contribution in [-0.4, -0.2) is 24.7 Å². The standard InChI is InChI=1S/C11H9ClN6S/c12-9-4-16-10(19-9)5-15-8-2-1-3-14-11(8)18-7-13-6-17-18/h1-4,6-7,15H,5H2. The van der Waals surface area contributed by atoms with E-state index in [1.165, 1.54) is 17.7 Å². The van der Waals surface area contributed by atoms with Crippen molar-refractivity contribution in [1.82, 2.24) is 24.7 Å². The van der Waals surface area contributed by atoms with E-state index in [1.54, 1.807) is 23.4 Å². The zero-order valence-electron chi connectivity index (χ0n) is 9.69. The van der Waals surface area contributed by atoms with E-state index in [0.29, 0.717) is 16.7 Å². The quantitative estimate of drug-likeness (QED) is 0.799. The lowest BCUT2D eigenvalue weighted by Crippen LogP contribution is -2.06. The van der Waals surface area contributed by atoms with E-state index in [4.69, 9.17) is 11.6 Å². The van der Waals surface area contributed by atoms with E-state index in [9.17, 15) is 0 Å². The molecule has 3 aromatic rings. The lowest BCUT2D eigenvalue weighted by Gasteiger charge is -2.09. The molecule has 0 aromatic carbocycles. The van der Waals surface area contributed by atoms with Gasteiger partial charge in [0.2, 0.25) is 0 Å². The Balaban J connectivity index is 1.81. The van der Waals surface area contributed by atoms with Crippen LogP contribution in [0.1, 0.15) is 5.01 Å². The highest BCUT2D eigenvalue weighted by atomic mass is 35.5. The predicted octanol–water partition coefficient (Wildman–Crippen LogP) is 2.38. The van der Waals surface area contributed by atoms with Gasteiger partial charge in [-0.05, 0) is 12.1 Å². The number of nitrogens with zero attached hydrogens (tertiary/aromatic N) is 5. The van der Waals surface area contributed by atoms with Crippen LogP contribution in [-0.2, 0) is 6.54 Å². The second-order valence-corrected chi connectivity index (χ2v) is 5.37. The van der Waals surface area contributed by atoms with Gasteiger partial charge in [-0.3, -0.25) is 0 Å². The van der Waals surface area contributed by atoms with E-state index >= 15 is 0 Å². The van der Waals surface area contributed by atoms with Crippen molar-refractivity contribution in [1.29, 1.82) is 0 Å². The lowest BCUT2D eigenvalue weighted by molar-refractivity contribution is 0.844. The molecule has 96 valence electrons. The first-order chi connectivity index (χ1) is 9.33. The smallest absolute Gasteiger partial charge is 0.178 e. The topological polar surface area (TPSA) is 68.5 Å². The molecular weight excluding hydrogens is 284 g/mol. The molecule has 1 N–H and O–H groups in total. The molecule has 0 fully saturated rings. The van der Waals surface area contributed by atoms with Gasteiger partial charge in [0.1, 0.15) is 22.0 Å². The first kappa shape index (κ1) is 12.1. The van der Waals surface area contributed by atoms with Crippen molar-refractivity contribution in [3.63, 3.8) is 0 Å². The summed E-state index contributed by atoms with van der Waals surface area (Å²) in [5, 5.41) is 8.26. The molecule has 8 heteroatoms. The Bertz CT molecular complexity index is 665. The third-order valence-corrected chi connectivity index (χ3v) is 3.49. The van der Waals surface area contributed by atoms with Crippen molar-refractivity contribution in [2.75, 3.05) is 5.32 Å². The molecule has 0 amide bonds. The summed E-state index contributed by atoms with van der Waals surface area (Å²) in [6.07, 6.45) is 6.43. The number of anilines is 1. The van der Waals surface area contributed by atoms with Crippen molar-refractivity contribution in [2.24, 2.45) is 0 Å². The Hall–Kier alpha value is -1.99. The molecule has 3 heterocycles. The normalized spacial score (nSPS) is 10.6. The van der Waals surface area contributed by atoms with Crippen LogP contribution < -0.4 is 5.32 Å². The van der Waals surface area contributed by atoms with Crippen LogP contribution in [0.4, 0.5) is 5.69 Å². The Kier molecular flexibility index (Phi) is 3.39. The van der Waals surface area contributed by atoms with E-state index in [-0.39, 0.29) is 0 Å². The molecule has 0 unspecified atom stereocenters. The lowest BCUT2D eigenvalue weighted by atomic mass is 10.4. The largest absolute Gasteiger partial charge is 0.375 e. The summed E-state index contributed by atoms with van der Waals surface area (Å²) in [5.41, 5.74) is 0.860. The first-order valence-corrected chi connectivity index (χ1v) is 6.66. The van der Waals surface area contributed by atoms with Gasteiger partial charge in [0.05, 0.1) is 18.4 Å². The Morgan fingerprint density at radius 1 is 1.37 bits per heavy atom. The number of hydrogen-bond donors (Lipinski definition) is 1. The van der Waals surface area contributed by atoms with E-state index < -0.39 is 0 Å². The summed E-state index contributed by atoms with van der Waals surface area (Å²) >= 11 is 7.30. The fourth-order valence-electron chi connectivity index (χ4n) is 1.58.